The van der Waals surface area contributed by atoms with E-state index in [2.05, 4.69) is 61.4 Å². The van der Waals surface area contributed by atoms with Gasteiger partial charge in [0.05, 0.1) is 11.1 Å². The van der Waals surface area contributed by atoms with E-state index in [1.165, 1.54) is 12.3 Å². The quantitative estimate of drug-likeness (QED) is 0.159. The summed E-state index contributed by atoms with van der Waals surface area (Å²) < 4.78 is 43.8. The second-order valence-corrected chi connectivity index (χ2v) is 16.3. The lowest BCUT2D eigenvalue weighted by atomic mass is 10.2. The topological polar surface area (TPSA) is 103 Å². The molecule has 1 aromatic carbocycles. The Labute approximate surface area is 227 Å². The van der Waals surface area contributed by atoms with Gasteiger partial charge in [-0.1, -0.05) is 19.6 Å². The van der Waals surface area contributed by atoms with Gasteiger partial charge >= 0.3 is 6.03 Å². The number of pyridine rings is 1. The molecule has 0 atom stereocenters. The van der Waals surface area contributed by atoms with Crippen molar-refractivity contribution in [3.63, 3.8) is 0 Å². The Hall–Kier alpha value is -3.42. The Morgan fingerprint density at radius 3 is 2.50 bits per heavy atom. The summed E-state index contributed by atoms with van der Waals surface area (Å²) in [6, 6.07) is 6.96. The molecule has 0 saturated carbocycles. The number of carbonyl (C=O) groups excluding carboxylic acids is 1. The summed E-state index contributed by atoms with van der Waals surface area (Å²) in [5, 5.41) is 13.0. The number of nitrogens with one attached hydrogen (secondary N) is 2. The number of aromatic nitrogens is 4. The molecular weight excluding hydrogens is 578 g/mol. The monoisotopic (exact) mass is 604 g/mol. The van der Waals surface area contributed by atoms with E-state index < -0.39 is 31.5 Å². The summed E-state index contributed by atoms with van der Waals surface area (Å²) in [5.74, 6) is -2.21. The van der Waals surface area contributed by atoms with Gasteiger partial charge in [0.25, 0.3) is 0 Å². The number of hydrogen-bond acceptors (Lipinski definition) is 6. The third kappa shape index (κ3) is 6.91. The Morgan fingerprint density at radius 1 is 1.11 bits per heavy atom. The molecule has 0 saturated heterocycles. The smallest absolute Gasteiger partial charge is 0.324 e. The van der Waals surface area contributed by atoms with Crippen molar-refractivity contribution in [1.82, 2.24) is 19.7 Å². The first-order valence-corrected chi connectivity index (χ1v) is 16.3. The number of halogens is 3. The van der Waals surface area contributed by atoms with E-state index in [9.17, 15) is 13.6 Å². The highest BCUT2D eigenvalue weighted by Crippen LogP contribution is 2.37. The normalized spacial score (nSPS) is 11.6. The third-order valence-electron chi connectivity index (χ3n) is 5.41. The second-order valence-electron chi connectivity index (χ2n) is 9.81. The van der Waals surface area contributed by atoms with Crippen LogP contribution in [0.25, 0.3) is 11.0 Å². The van der Waals surface area contributed by atoms with Gasteiger partial charge in [-0.15, -0.1) is 5.10 Å². The summed E-state index contributed by atoms with van der Waals surface area (Å²) in [5.41, 5.74) is 1.11. The largest absolute Gasteiger partial charge is 0.450 e. The molecule has 3 aromatic heterocycles. The standard InChI is InChI=1S/C25H27BrF2N6O3Si/c1-15-5-6-21(33-32-15)31-25(35)30-16-11-18(27)23(19(28)12-16)37-20-7-8-29-24-22(20)17(26)13-34(24)14-36-9-10-38(2,3)4/h5-8,11-13H,9-10,14H2,1-4H3,(H2,30,31,33,35). The van der Waals surface area contributed by atoms with E-state index in [0.717, 1.165) is 18.2 Å². The number of nitrogens with zero attached hydrogens (tertiary/aromatic N) is 4. The fourth-order valence-electron chi connectivity index (χ4n) is 3.45. The van der Waals surface area contributed by atoms with Crippen molar-refractivity contribution >= 4 is 52.6 Å². The van der Waals surface area contributed by atoms with Crippen LogP contribution in [0.1, 0.15) is 5.69 Å². The summed E-state index contributed by atoms with van der Waals surface area (Å²) in [6.07, 6.45) is 3.28. The highest BCUT2D eigenvalue weighted by atomic mass is 79.9. The molecule has 200 valence electrons. The average molecular weight is 606 g/mol. The van der Waals surface area contributed by atoms with E-state index in [0.29, 0.717) is 27.8 Å². The van der Waals surface area contributed by atoms with Crippen molar-refractivity contribution in [2.75, 3.05) is 17.2 Å². The van der Waals surface area contributed by atoms with Crippen LogP contribution in [0, 0.1) is 18.6 Å². The van der Waals surface area contributed by atoms with Crippen LogP contribution in [0.3, 0.4) is 0 Å². The number of hydrogen-bond donors (Lipinski definition) is 2. The van der Waals surface area contributed by atoms with Crippen LogP contribution in [-0.4, -0.2) is 40.5 Å². The van der Waals surface area contributed by atoms with Crippen LogP contribution in [0.2, 0.25) is 25.7 Å². The first-order chi connectivity index (χ1) is 18.0. The summed E-state index contributed by atoms with van der Waals surface area (Å²) >= 11 is 3.49. The maximum atomic E-state index is 14.9. The highest BCUT2D eigenvalue weighted by molar-refractivity contribution is 9.10. The van der Waals surface area contributed by atoms with Crippen LogP contribution in [0.4, 0.5) is 25.1 Å². The Kier molecular flexibility index (Phi) is 8.38. The number of carbonyl (C=O) groups is 1. The fraction of sp³-hybridized carbons (Fsp3) is 0.280. The van der Waals surface area contributed by atoms with Crippen LogP contribution in [0.15, 0.2) is 47.2 Å². The van der Waals surface area contributed by atoms with Gasteiger partial charge in [0, 0.05) is 49.4 Å². The van der Waals surface area contributed by atoms with E-state index in [-0.39, 0.29) is 24.0 Å². The number of amides is 2. The number of anilines is 2. The highest BCUT2D eigenvalue weighted by Gasteiger charge is 2.20. The minimum absolute atomic E-state index is 0.104. The molecule has 0 bridgehead atoms. The number of benzene rings is 1. The first-order valence-electron chi connectivity index (χ1n) is 11.8. The lowest BCUT2D eigenvalue weighted by molar-refractivity contribution is 0.0898. The Morgan fingerprint density at radius 2 is 1.84 bits per heavy atom. The van der Waals surface area contributed by atoms with E-state index in [1.807, 2.05) is 0 Å². The maximum Gasteiger partial charge on any atom is 0.324 e. The zero-order valence-electron chi connectivity index (χ0n) is 21.3. The molecule has 3 heterocycles. The summed E-state index contributed by atoms with van der Waals surface area (Å²) in [6.45, 7) is 9.50. The van der Waals surface area contributed by atoms with E-state index in [4.69, 9.17) is 9.47 Å². The molecule has 0 unspecified atom stereocenters. The molecule has 38 heavy (non-hydrogen) atoms. The average Bonchev–Trinajstić information content (AvgIpc) is 3.16. The molecular formula is C25H27BrF2N6O3Si. The van der Waals surface area contributed by atoms with Gasteiger partial charge in [-0.3, -0.25) is 5.32 Å². The Balaban J connectivity index is 1.49. The molecule has 4 rings (SSSR count). The third-order valence-corrected chi connectivity index (χ3v) is 7.71. The van der Waals surface area contributed by atoms with Gasteiger partial charge in [-0.2, -0.15) is 5.10 Å². The SMILES string of the molecule is Cc1ccc(NC(=O)Nc2cc(F)c(Oc3ccnc4c3c(Br)cn4COCC[Si](C)(C)C)c(F)c2)nn1. The summed E-state index contributed by atoms with van der Waals surface area (Å²) in [4.78, 5) is 16.6. The molecule has 0 radical (unpaired) electrons. The first kappa shape index (κ1) is 27.6. The molecule has 2 amide bonds. The molecule has 4 aromatic rings. The van der Waals surface area contributed by atoms with Crippen molar-refractivity contribution < 1.29 is 23.0 Å². The van der Waals surface area contributed by atoms with Crippen LogP contribution >= 0.6 is 15.9 Å². The van der Waals surface area contributed by atoms with Gasteiger partial charge < -0.3 is 19.4 Å². The molecule has 0 aliphatic rings. The number of aryl methyl sites for hydroxylation is 1. The summed E-state index contributed by atoms with van der Waals surface area (Å²) in [7, 11) is -1.22. The molecule has 0 aliphatic carbocycles. The zero-order valence-corrected chi connectivity index (χ0v) is 23.9. The van der Waals surface area contributed by atoms with Crippen molar-refractivity contribution in [2.45, 2.75) is 39.3 Å². The number of rotatable bonds is 9. The predicted molar refractivity (Wildman–Crippen MR) is 147 cm³/mol. The van der Waals surface area contributed by atoms with Crippen molar-refractivity contribution in [3.8, 4) is 11.5 Å². The fourth-order valence-corrected chi connectivity index (χ4v) is 4.82. The molecule has 13 heteroatoms. The lowest BCUT2D eigenvalue weighted by Crippen LogP contribution is -2.22. The minimum Gasteiger partial charge on any atom is -0.450 e. The lowest BCUT2D eigenvalue weighted by Gasteiger charge is -2.15. The molecule has 0 aliphatic heterocycles. The van der Waals surface area contributed by atoms with Gasteiger partial charge in [0.2, 0.25) is 0 Å². The molecule has 0 spiro atoms. The predicted octanol–water partition coefficient (Wildman–Crippen LogP) is 6.92. The number of fused-ring (bicyclic) bond motifs is 1. The van der Waals surface area contributed by atoms with Gasteiger partial charge in [-0.05, 0) is 47.1 Å². The molecule has 0 fully saturated rings. The van der Waals surface area contributed by atoms with E-state index >= 15 is 0 Å². The zero-order chi connectivity index (χ0) is 27.4. The van der Waals surface area contributed by atoms with Gasteiger partial charge in [0.15, 0.2) is 23.2 Å². The number of urea groups is 1. The van der Waals surface area contributed by atoms with Crippen molar-refractivity contribution in [3.05, 3.63) is 64.5 Å². The van der Waals surface area contributed by atoms with Crippen LogP contribution in [0.5, 0.6) is 11.5 Å². The second kappa shape index (κ2) is 11.5. The number of ether oxygens (including phenoxy) is 2. The van der Waals surface area contributed by atoms with Crippen LogP contribution < -0.4 is 15.4 Å². The maximum absolute atomic E-state index is 14.9. The molecule has 2 N–H and O–H groups in total. The van der Waals surface area contributed by atoms with Crippen LogP contribution in [-0.2, 0) is 11.5 Å². The van der Waals surface area contributed by atoms with Gasteiger partial charge in [0.1, 0.15) is 18.1 Å². The Bertz CT molecular complexity index is 1440. The molecule has 9 nitrogen and oxygen atoms in total. The minimum atomic E-state index is -1.22. The van der Waals surface area contributed by atoms with Gasteiger partial charge in [-0.25, -0.2) is 18.6 Å². The van der Waals surface area contributed by atoms with Crippen molar-refractivity contribution in [2.24, 2.45) is 0 Å². The van der Waals surface area contributed by atoms with Crippen molar-refractivity contribution in [1.29, 1.82) is 0 Å². The van der Waals surface area contributed by atoms with E-state index in [1.54, 1.807) is 29.8 Å².